The van der Waals surface area contributed by atoms with Gasteiger partial charge in [0.05, 0.1) is 16.7 Å². The summed E-state index contributed by atoms with van der Waals surface area (Å²) in [6, 6.07) is 6.30. The first-order chi connectivity index (χ1) is 9.89. The number of hydrogen-bond acceptors (Lipinski definition) is 5. The van der Waals surface area contributed by atoms with Crippen molar-refractivity contribution in [1.29, 1.82) is 0 Å². The van der Waals surface area contributed by atoms with Crippen LogP contribution in [-0.2, 0) is 24.3 Å². The fourth-order valence-corrected chi connectivity index (χ4v) is 4.41. The molecular weight excluding hydrogens is 362 g/mol. The van der Waals surface area contributed by atoms with Crippen LogP contribution in [0.5, 0.6) is 0 Å². The third-order valence-electron chi connectivity index (χ3n) is 3.83. The van der Waals surface area contributed by atoms with Gasteiger partial charge in [0.25, 0.3) is 0 Å². The summed E-state index contributed by atoms with van der Waals surface area (Å²) in [5.41, 5.74) is 0. The van der Waals surface area contributed by atoms with Crippen molar-refractivity contribution in [3.8, 4) is 0 Å². The van der Waals surface area contributed by atoms with Crippen molar-refractivity contribution in [2.75, 3.05) is 13.1 Å². The van der Waals surface area contributed by atoms with Crippen LogP contribution in [0.1, 0.15) is 6.42 Å². The van der Waals surface area contributed by atoms with Crippen molar-refractivity contribution in [3.63, 3.8) is 0 Å². The van der Waals surface area contributed by atoms with E-state index in [4.69, 9.17) is 0 Å². The lowest BCUT2D eigenvalue weighted by molar-refractivity contribution is -0.153. The Morgan fingerprint density at radius 1 is 1.10 bits per heavy atom. The van der Waals surface area contributed by atoms with Crippen LogP contribution in [0.25, 0.3) is 0 Å². The second-order valence-electron chi connectivity index (χ2n) is 5.06. The molecule has 2 atom stereocenters. The fraction of sp³-hybridized carbons (Fsp3) is 0.385. The zero-order valence-corrected chi connectivity index (χ0v) is 13.3. The molecular formula is C13H12BrNO5S. The molecule has 1 aromatic carbocycles. The van der Waals surface area contributed by atoms with Crippen molar-refractivity contribution in [3.05, 3.63) is 28.7 Å². The van der Waals surface area contributed by atoms with E-state index >= 15 is 0 Å². The van der Waals surface area contributed by atoms with E-state index in [9.17, 15) is 18.0 Å². The number of rotatable bonds is 2. The van der Waals surface area contributed by atoms with Crippen LogP contribution >= 0.6 is 15.9 Å². The molecule has 2 unspecified atom stereocenters. The van der Waals surface area contributed by atoms with Gasteiger partial charge >= 0.3 is 11.9 Å². The minimum Gasteiger partial charge on any atom is -0.393 e. The number of carbonyl (C=O) groups is 2. The monoisotopic (exact) mass is 373 g/mol. The molecule has 0 aromatic heterocycles. The number of ether oxygens (including phenoxy) is 1. The van der Waals surface area contributed by atoms with Crippen LogP contribution in [0.3, 0.4) is 0 Å². The Morgan fingerprint density at radius 3 is 2.38 bits per heavy atom. The first-order valence-electron chi connectivity index (χ1n) is 6.41. The fourth-order valence-electron chi connectivity index (χ4n) is 2.67. The minimum atomic E-state index is -3.66. The molecule has 2 aliphatic rings. The van der Waals surface area contributed by atoms with Crippen molar-refractivity contribution in [2.45, 2.75) is 11.3 Å². The van der Waals surface area contributed by atoms with Crippen molar-refractivity contribution < 1.29 is 22.7 Å². The summed E-state index contributed by atoms with van der Waals surface area (Å²) in [4.78, 5) is 23.2. The smallest absolute Gasteiger partial charge is 0.318 e. The molecule has 2 heterocycles. The summed E-state index contributed by atoms with van der Waals surface area (Å²) in [5.74, 6) is -2.35. The van der Waals surface area contributed by atoms with E-state index < -0.39 is 33.8 Å². The van der Waals surface area contributed by atoms with Crippen LogP contribution in [0.15, 0.2) is 33.6 Å². The Hall–Kier alpha value is -1.25. The van der Waals surface area contributed by atoms with Gasteiger partial charge in [-0.1, -0.05) is 15.9 Å². The van der Waals surface area contributed by atoms with E-state index in [-0.39, 0.29) is 18.0 Å². The van der Waals surface area contributed by atoms with E-state index in [0.717, 1.165) is 4.47 Å². The van der Waals surface area contributed by atoms with Crippen LogP contribution in [0.2, 0.25) is 0 Å². The average molecular weight is 374 g/mol. The number of carbonyl (C=O) groups excluding carboxylic acids is 2. The highest BCUT2D eigenvalue weighted by Gasteiger charge is 2.49. The van der Waals surface area contributed by atoms with Gasteiger partial charge in [-0.3, -0.25) is 9.59 Å². The van der Waals surface area contributed by atoms with Gasteiger partial charge in [0.1, 0.15) is 0 Å². The number of benzene rings is 1. The molecule has 0 amide bonds. The largest absolute Gasteiger partial charge is 0.393 e. The summed E-state index contributed by atoms with van der Waals surface area (Å²) in [6.45, 7) is 0.204. The summed E-state index contributed by atoms with van der Waals surface area (Å²) in [7, 11) is -3.66. The average Bonchev–Trinajstić information content (AvgIpc) is 2.74. The van der Waals surface area contributed by atoms with Gasteiger partial charge in [-0.15, -0.1) is 0 Å². The van der Waals surface area contributed by atoms with Crippen LogP contribution in [-0.4, -0.2) is 37.8 Å². The Balaban J connectivity index is 1.86. The van der Waals surface area contributed by atoms with Gasteiger partial charge in [-0.25, -0.2) is 8.42 Å². The molecule has 2 saturated heterocycles. The Labute approximate surface area is 130 Å². The molecule has 2 aliphatic heterocycles. The quantitative estimate of drug-likeness (QED) is 0.573. The number of esters is 2. The molecule has 0 aliphatic carbocycles. The van der Waals surface area contributed by atoms with Crippen molar-refractivity contribution in [1.82, 2.24) is 4.31 Å². The van der Waals surface area contributed by atoms with Gasteiger partial charge in [0.2, 0.25) is 10.0 Å². The molecule has 2 fully saturated rings. The number of nitrogens with zero attached hydrogens (tertiary/aromatic N) is 1. The molecule has 1 aromatic rings. The van der Waals surface area contributed by atoms with Crippen molar-refractivity contribution in [2.24, 2.45) is 11.8 Å². The maximum absolute atomic E-state index is 12.5. The zero-order valence-electron chi connectivity index (χ0n) is 10.9. The molecule has 6 nitrogen and oxygen atoms in total. The van der Waals surface area contributed by atoms with E-state index in [1.54, 1.807) is 12.1 Å². The first-order valence-corrected chi connectivity index (χ1v) is 8.64. The molecule has 0 spiro atoms. The van der Waals surface area contributed by atoms with E-state index in [0.29, 0.717) is 6.42 Å². The Kier molecular flexibility index (Phi) is 3.62. The normalized spacial score (nSPS) is 26.5. The van der Waals surface area contributed by atoms with Crippen LogP contribution in [0, 0.1) is 11.8 Å². The highest BCUT2D eigenvalue weighted by Crippen LogP contribution is 2.34. The highest BCUT2D eigenvalue weighted by atomic mass is 79.9. The minimum absolute atomic E-state index is 0.00631. The Bertz CT molecular complexity index is 700. The van der Waals surface area contributed by atoms with Gasteiger partial charge in [-0.05, 0) is 30.7 Å². The lowest BCUT2D eigenvalue weighted by Gasteiger charge is -2.30. The second-order valence-corrected chi connectivity index (χ2v) is 7.91. The summed E-state index contributed by atoms with van der Waals surface area (Å²) < 4.78 is 31.7. The first kappa shape index (κ1) is 14.7. The molecule has 21 heavy (non-hydrogen) atoms. The topological polar surface area (TPSA) is 80.8 Å². The summed E-state index contributed by atoms with van der Waals surface area (Å²) >= 11 is 3.25. The number of hydrogen-bond donors (Lipinski definition) is 0. The molecule has 0 saturated carbocycles. The maximum atomic E-state index is 12.5. The lowest BCUT2D eigenvalue weighted by Crippen LogP contribution is -2.44. The van der Waals surface area contributed by atoms with Gasteiger partial charge < -0.3 is 4.74 Å². The second kappa shape index (κ2) is 5.19. The van der Waals surface area contributed by atoms with E-state index in [1.165, 1.54) is 16.4 Å². The number of sulfonamides is 1. The van der Waals surface area contributed by atoms with Crippen LogP contribution < -0.4 is 0 Å². The van der Waals surface area contributed by atoms with E-state index in [1.807, 2.05) is 0 Å². The molecule has 0 radical (unpaired) electrons. The third-order valence-corrected chi connectivity index (χ3v) is 6.24. The molecule has 0 bridgehead atoms. The van der Waals surface area contributed by atoms with Crippen LogP contribution in [0.4, 0.5) is 0 Å². The lowest BCUT2D eigenvalue weighted by atomic mass is 9.89. The predicted molar refractivity (Wildman–Crippen MR) is 75.6 cm³/mol. The maximum Gasteiger partial charge on any atom is 0.318 e. The third kappa shape index (κ3) is 2.51. The van der Waals surface area contributed by atoms with Gasteiger partial charge in [0.15, 0.2) is 0 Å². The highest BCUT2D eigenvalue weighted by molar-refractivity contribution is 9.10. The Morgan fingerprint density at radius 2 is 1.71 bits per heavy atom. The van der Waals surface area contributed by atoms with Gasteiger partial charge in [-0.2, -0.15) is 4.31 Å². The molecule has 112 valence electrons. The molecule has 8 heteroatoms. The standard InChI is InChI=1S/C13H12BrNO5S/c14-8-1-3-9(4-2-8)21(18,19)15-6-5-10-11(7-15)13(17)20-12(10)16/h1-4,10-11H,5-7H2. The van der Waals surface area contributed by atoms with Crippen molar-refractivity contribution >= 4 is 37.9 Å². The SMILES string of the molecule is O=C1OC(=O)C2CN(S(=O)(=O)c3ccc(Br)cc3)CCC12. The van der Waals surface area contributed by atoms with Gasteiger partial charge in [0, 0.05) is 17.6 Å². The van der Waals surface area contributed by atoms with E-state index in [2.05, 4.69) is 20.7 Å². The number of fused-ring (bicyclic) bond motifs is 1. The summed E-state index contributed by atoms with van der Waals surface area (Å²) in [6.07, 6.45) is 0.311. The molecule has 0 N–H and O–H groups in total. The summed E-state index contributed by atoms with van der Waals surface area (Å²) in [5, 5.41) is 0. The number of cyclic esters (lactones) is 2. The molecule has 3 rings (SSSR count). The predicted octanol–water partition coefficient (Wildman–Crippen LogP) is 1.16. The zero-order chi connectivity index (χ0) is 15.2. The number of halogens is 1. The number of piperidine rings is 1.